The van der Waals surface area contributed by atoms with Crippen molar-refractivity contribution in [2.75, 3.05) is 0 Å². The monoisotopic (exact) mass is 289 g/mol. The van der Waals surface area contributed by atoms with Gasteiger partial charge in [-0.05, 0) is 40.2 Å². The van der Waals surface area contributed by atoms with Crippen LogP contribution in [0.5, 0.6) is 5.75 Å². The highest BCUT2D eigenvalue weighted by Gasteiger charge is 2.14. The van der Waals surface area contributed by atoms with Gasteiger partial charge in [0.1, 0.15) is 11.3 Å². The van der Waals surface area contributed by atoms with E-state index in [0.717, 1.165) is 15.4 Å². The molecule has 0 fully saturated rings. The molecule has 0 aliphatic carbocycles. The predicted molar refractivity (Wildman–Crippen MR) is 68.8 cm³/mol. The number of fused-ring (bicyclic) bond motifs is 1. The van der Waals surface area contributed by atoms with Crippen molar-refractivity contribution in [2.24, 2.45) is 0 Å². The molecule has 0 aliphatic heterocycles. The van der Waals surface area contributed by atoms with Gasteiger partial charge in [-0.1, -0.05) is 23.4 Å². The van der Waals surface area contributed by atoms with Gasteiger partial charge in [0, 0.05) is 4.47 Å². The van der Waals surface area contributed by atoms with Crippen molar-refractivity contribution < 1.29 is 9.63 Å². The Labute approximate surface area is 106 Å². The number of benzene rings is 2. The van der Waals surface area contributed by atoms with Crippen molar-refractivity contribution >= 4 is 26.8 Å². The maximum atomic E-state index is 9.81. The minimum Gasteiger partial charge on any atom is -0.507 e. The maximum Gasteiger partial charge on any atom is 0.178 e. The Morgan fingerprint density at radius 1 is 1.06 bits per heavy atom. The quantitative estimate of drug-likeness (QED) is 0.737. The van der Waals surface area contributed by atoms with Crippen LogP contribution in [0.4, 0.5) is 0 Å². The summed E-state index contributed by atoms with van der Waals surface area (Å²) in [5, 5.41) is 14.7. The summed E-state index contributed by atoms with van der Waals surface area (Å²) in [5.41, 5.74) is 1.40. The summed E-state index contributed by atoms with van der Waals surface area (Å²) in [6, 6.07) is 12.8. The van der Waals surface area contributed by atoms with Gasteiger partial charge in [0.2, 0.25) is 0 Å². The van der Waals surface area contributed by atoms with Crippen LogP contribution in [0.25, 0.3) is 22.2 Å². The van der Waals surface area contributed by atoms with Gasteiger partial charge in [-0.15, -0.1) is 0 Å². The van der Waals surface area contributed by atoms with E-state index in [1.807, 2.05) is 24.3 Å². The first-order valence-electron chi connectivity index (χ1n) is 5.09. The summed E-state index contributed by atoms with van der Waals surface area (Å²) in [6.07, 6.45) is 0. The van der Waals surface area contributed by atoms with E-state index in [9.17, 15) is 5.11 Å². The summed E-state index contributed by atoms with van der Waals surface area (Å²) in [7, 11) is 0. The average Bonchev–Trinajstić information content (AvgIpc) is 2.75. The molecule has 1 aromatic heterocycles. The summed E-state index contributed by atoms with van der Waals surface area (Å²) in [4.78, 5) is 0. The molecule has 0 bridgehead atoms. The molecule has 3 aromatic rings. The lowest BCUT2D eigenvalue weighted by atomic mass is 10.1. The maximum absolute atomic E-state index is 9.81. The molecule has 84 valence electrons. The predicted octanol–water partition coefficient (Wildman–Crippen LogP) is 3.96. The lowest BCUT2D eigenvalue weighted by Gasteiger charge is -1.99. The molecule has 0 atom stereocenters. The fourth-order valence-corrected chi connectivity index (χ4v) is 2.23. The van der Waals surface area contributed by atoms with Gasteiger partial charge >= 0.3 is 0 Å². The topological polar surface area (TPSA) is 46.3 Å². The smallest absolute Gasteiger partial charge is 0.178 e. The van der Waals surface area contributed by atoms with Crippen molar-refractivity contribution in [3.63, 3.8) is 0 Å². The standard InChI is InChI=1S/C13H8BrNO2/c14-10-6-3-5-9-12(10)15-17-13(9)8-4-1-2-7-11(8)16/h1-7,16H. The molecule has 0 aliphatic rings. The third-order valence-corrected chi connectivity index (χ3v) is 3.25. The Balaban J connectivity index is 2.33. The normalized spacial score (nSPS) is 10.9. The zero-order valence-electron chi connectivity index (χ0n) is 8.72. The first-order chi connectivity index (χ1) is 8.27. The zero-order chi connectivity index (χ0) is 11.8. The molecule has 0 radical (unpaired) electrons. The molecule has 4 heteroatoms. The number of para-hydroxylation sites is 1. The fraction of sp³-hybridized carbons (Fsp3) is 0. The molecular formula is C13H8BrNO2. The van der Waals surface area contributed by atoms with Crippen LogP contribution >= 0.6 is 15.9 Å². The molecule has 3 nitrogen and oxygen atoms in total. The molecule has 2 aromatic carbocycles. The van der Waals surface area contributed by atoms with Gasteiger partial charge in [0.15, 0.2) is 5.76 Å². The van der Waals surface area contributed by atoms with E-state index >= 15 is 0 Å². The minimum atomic E-state index is 0.186. The summed E-state index contributed by atoms with van der Waals surface area (Å²) in [5.74, 6) is 0.768. The second kappa shape index (κ2) is 3.89. The fourth-order valence-electron chi connectivity index (χ4n) is 1.79. The van der Waals surface area contributed by atoms with E-state index in [4.69, 9.17) is 4.52 Å². The lowest BCUT2D eigenvalue weighted by molar-refractivity contribution is 0.433. The van der Waals surface area contributed by atoms with Gasteiger partial charge in [0.05, 0.1) is 10.9 Å². The molecule has 17 heavy (non-hydrogen) atoms. The third kappa shape index (κ3) is 1.61. The van der Waals surface area contributed by atoms with Crippen LogP contribution < -0.4 is 0 Å². The van der Waals surface area contributed by atoms with Crippen LogP contribution in [0.3, 0.4) is 0 Å². The molecule has 0 amide bonds. The van der Waals surface area contributed by atoms with E-state index in [2.05, 4.69) is 21.1 Å². The molecule has 3 rings (SSSR count). The van der Waals surface area contributed by atoms with Crippen LogP contribution in [0, 0.1) is 0 Å². The van der Waals surface area contributed by atoms with E-state index in [1.54, 1.807) is 18.2 Å². The van der Waals surface area contributed by atoms with Crippen LogP contribution in [0.2, 0.25) is 0 Å². The number of phenolic OH excluding ortho intramolecular Hbond substituents is 1. The number of nitrogens with zero attached hydrogens (tertiary/aromatic N) is 1. The Hall–Kier alpha value is -1.81. The van der Waals surface area contributed by atoms with Gasteiger partial charge in [0.25, 0.3) is 0 Å². The Morgan fingerprint density at radius 2 is 1.88 bits per heavy atom. The first kappa shape index (κ1) is 10.4. The average molecular weight is 290 g/mol. The Kier molecular flexibility index (Phi) is 2.37. The van der Waals surface area contributed by atoms with Crippen molar-refractivity contribution in [2.45, 2.75) is 0 Å². The molecule has 1 heterocycles. The van der Waals surface area contributed by atoms with Gasteiger partial charge in [-0.2, -0.15) is 0 Å². The van der Waals surface area contributed by atoms with Gasteiger partial charge in [-0.25, -0.2) is 0 Å². The number of aromatic hydroxyl groups is 1. The van der Waals surface area contributed by atoms with Crippen molar-refractivity contribution in [1.82, 2.24) is 5.16 Å². The summed E-state index contributed by atoms with van der Waals surface area (Å²) < 4.78 is 6.20. The Bertz CT molecular complexity index is 691. The molecule has 0 saturated carbocycles. The highest BCUT2D eigenvalue weighted by atomic mass is 79.9. The largest absolute Gasteiger partial charge is 0.507 e. The van der Waals surface area contributed by atoms with Crippen molar-refractivity contribution in [1.29, 1.82) is 0 Å². The molecule has 0 saturated heterocycles. The SMILES string of the molecule is Oc1ccccc1-c1onc2c(Br)cccc12. The van der Waals surface area contributed by atoms with Gasteiger partial charge in [-0.3, -0.25) is 0 Å². The van der Waals surface area contributed by atoms with Crippen molar-refractivity contribution in [3.8, 4) is 17.1 Å². The van der Waals surface area contributed by atoms with E-state index in [1.165, 1.54) is 0 Å². The van der Waals surface area contributed by atoms with E-state index < -0.39 is 0 Å². The molecule has 0 spiro atoms. The molecule has 1 N–H and O–H groups in total. The number of aromatic nitrogens is 1. The van der Waals surface area contributed by atoms with Crippen LogP contribution in [0.15, 0.2) is 51.5 Å². The molecular weight excluding hydrogens is 282 g/mol. The highest BCUT2D eigenvalue weighted by Crippen LogP contribution is 2.36. The second-order valence-electron chi connectivity index (χ2n) is 3.66. The van der Waals surface area contributed by atoms with Crippen molar-refractivity contribution in [3.05, 3.63) is 46.9 Å². The van der Waals surface area contributed by atoms with Gasteiger partial charge < -0.3 is 9.63 Å². The molecule has 0 unspecified atom stereocenters. The number of rotatable bonds is 1. The summed E-state index contributed by atoms with van der Waals surface area (Å²) >= 11 is 3.42. The third-order valence-electron chi connectivity index (χ3n) is 2.61. The number of halogens is 1. The number of phenols is 1. The number of hydrogen-bond donors (Lipinski definition) is 1. The lowest BCUT2D eigenvalue weighted by Crippen LogP contribution is -1.76. The van der Waals surface area contributed by atoms with Crippen LogP contribution in [-0.2, 0) is 0 Å². The second-order valence-corrected chi connectivity index (χ2v) is 4.52. The first-order valence-corrected chi connectivity index (χ1v) is 5.89. The number of hydrogen-bond acceptors (Lipinski definition) is 3. The van der Waals surface area contributed by atoms with Crippen LogP contribution in [-0.4, -0.2) is 10.3 Å². The Morgan fingerprint density at radius 3 is 2.71 bits per heavy atom. The van der Waals surface area contributed by atoms with E-state index in [0.29, 0.717) is 11.3 Å². The minimum absolute atomic E-state index is 0.186. The summed E-state index contributed by atoms with van der Waals surface area (Å²) in [6.45, 7) is 0. The highest BCUT2D eigenvalue weighted by molar-refractivity contribution is 9.10. The zero-order valence-corrected chi connectivity index (χ0v) is 10.3. The van der Waals surface area contributed by atoms with Crippen LogP contribution in [0.1, 0.15) is 0 Å². The van der Waals surface area contributed by atoms with E-state index in [-0.39, 0.29) is 5.75 Å².